The highest BCUT2D eigenvalue weighted by molar-refractivity contribution is 7.09. The number of halogens is 2. The Hall–Kier alpha value is -1.14. The van der Waals surface area contributed by atoms with E-state index in [1.807, 2.05) is 49.6 Å². The van der Waals surface area contributed by atoms with Gasteiger partial charge in [0.1, 0.15) is 5.01 Å². The van der Waals surface area contributed by atoms with Crippen molar-refractivity contribution >= 4 is 42.1 Å². The smallest absolute Gasteiger partial charge is 0.237 e. The van der Waals surface area contributed by atoms with Crippen molar-refractivity contribution in [2.45, 2.75) is 32.4 Å². The van der Waals surface area contributed by atoms with Gasteiger partial charge < -0.3 is 11.1 Å². The predicted molar refractivity (Wildman–Crippen MR) is 96.0 cm³/mol. The number of nitrogens with one attached hydrogen (secondary N) is 1. The Balaban J connectivity index is 0.00000220. The molecule has 2 unspecified atom stereocenters. The molecule has 1 aromatic carbocycles. The van der Waals surface area contributed by atoms with Crippen molar-refractivity contribution in [2.24, 2.45) is 5.73 Å². The van der Waals surface area contributed by atoms with Crippen LogP contribution in [0.15, 0.2) is 35.7 Å². The number of thiazole rings is 1. The molecule has 4 nitrogen and oxygen atoms in total. The zero-order chi connectivity index (χ0) is 14.5. The largest absolute Gasteiger partial charge is 0.346 e. The molecule has 1 aromatic heterocycles. The van der Waals surface area contributed by atoms with Gasteiger partial charge in [0, 0.05) is 11.1 Å². The molecule has 1 amide bonds. The number of benzene rings is 1. The first-order valence-corrected chi connectivity index (χ1v) is 7.46. The summed E-state index contributed by atoms with van der Waals surface area (Å²) < 4.78 is 0. The van der Waals surface area contributed by atoms with Gasteiger partial charge in [-0.05, 0) is 25.8 Å². The van der Waals surface area contributed by atoms with E-state index >= 15 is 0 Å². The highest BCUT2D eigenvalue weighted by Crippen LogP contribution is 2.17. The average Bonchev–Trinajstić information content (AvgIpc) is 2.86. The number of aromatic nitrogens is 1. The van der Waals surface area contributed by atoms with Gasteiger partial charge in [-0.2, -0.15) is 0 Å². The van der Waals surface area contributed by atoms with Gasteiger partial charge in [-0.3, -0.25) is 4.79 Å². The minimum absolute atomic E-state index is 0. The lowest BCUT2D eigenvalue weighted by Gasteiger charge is -2.16. The van der Waals surface area contributed by atoms with E-state index in [9.17, 15) is 4.79 Å². The van der Waals surface area contributed by atoms with Gasteiger partial charge in [0.25, 0.3) is 0 Å². The molecule has 0 bridgehead atoms. The molecule has 2 aromatic rings. The van der Waals surface area contributed by atoms with Gasteiger partial charge in [-0.25, -0.2) is 4.98 Å². The van der Waals surface area contributed by atoms with Gasteiger partial charge >= 0.3 is 0 Å². The van der Waals surface area contributed by atoms with Crippen LogP contribution in [0.1, 0.15) is 29.2 Å². The van der Waals surface area contributed by atoms with E-state index in [4.69, 9.17) is 5.73 Å². The maximum atomic E-state index is 12.1. The zero-order valence-corrected chi connectivity index (χ0v) is 14.9. The summed E-state index contributed by atoms with van der Waals surface area (Å²) in [5.41, 5.74) is 7.99. The highest BCUT2D eigenvalue weighted by Gasteiger charge is 2.18. The maximum Gasteiger partial charge on any atom is 0.237 e. The van der Waals surface area contributed by atoms with Crippen LogP contribution < -0.4 is 11.1 Å². The van der Waals surface area contributed by atoms with Crippen molar-refractivity contribution in [1.29, 1.82) is 0 Å². The van der Waals surface area contributed by atoms with Crippen molar-refractivity contribution in [3.05, 3.63) is 52.0 Å². The van der Waals surface area contributed by atoms with Crippen LogP contribution in [0, 0.1) is 6.92 Å². The molecule has 0 aliphatic rings. The third-order valence-electron chi connectivity index (χ3n) is 3.00. The van der Waals surface area contributed by atoms with Gasteiger partial charge in [-0.1, -0.05) is 30.3 Å². The van der Waals surface area contributed by atoms with Gasteiger partial charge in [0.2, 0.25) is 5.91 Å². The van der Waals surface area contributed by atoms with Crippen LogP contribution in [0.5, 0.6) is 0 Å². The number of hydrogen-bond acceptors (Lipinski definition) is 4. The Morgan fingerprint density at radius 1 is 1.32 bits per heavy atom. The second-order valence-electron chi connectivity index (χ2n) is 4.85. The maximum absolute atomic E-state index is 12.1. The second-order valence-corrected chi connectivity index (χ2v) is 5.74. The van der Waals surface area contributed by atoms with Crippen LogP contribution in [0.2, 0.25) is 0 Å². The van der Waals surface area contributed by atoms with E-state index in [-0.39, 0.29) is 36.8 Å². The molecule has 3 N–H and O–H groups in total. The van der Waals surface area contributed by atoms with Crippen molar-refractivity contribution in [3.63, 3.8) is 0 Å². The molecule has 122 valence electrons. The first kappa shape index (κ1) is 20.9. The fraction of sp³-hybridized carbons (Fsp3) is 0.333. The number of rotatable bonds is 5. The molecule has 1 heterocycles. The summed E-state index contributed by atoms with van der Waals surface area (Å²) in [5, 5.41) is 5.79. The van der Waals surface area contributed by atoms with Crippen LogP contribution in [-0.2, 0) is 11.2 Å². The van der Waals surface area contributed by atoms with E-state index in [1.165, 1.54) is 0 Å². The topological polar surface area (TPSA) is 68.0 Å². The molecule has 2 atom stereocenters. The average molecular weight is 362 g/mol. The van der Waals surface area contributed by atoms with Crippen LogP contribution in [0.4, 0.5) is 0 Å². The molecule has 0 fully saturated rings. The fourth-order valence-electron chi connectivity index (χ4n) is 1.91. The molecule has 0 aliphatic carbocycles. The fourth-order valence-corrected chi connectivity index (χ4v) is 2.72. The quantitative estimate of drug-likeness (QED) is 0.859. The number of nitrogens with two attached hydrogens (primary N) is 1. The van der Waals surface area contributed by atoms with Gasteiger partial charge in [0.05, 0.1) is 12.1 Å². The van der Waals surface area contributed by atoms with E-state index in [1.54, 1.807) is 11.3 Å². The van der Waals surface area contributed by atoms with Crippen molar-refractivity contribution < 1.29 is 4.79 Å². The Morgan fingerprint density at radius 2 is 1.95 bits per heavy atom. The summed E-state index contributed by atoms with van der Waals surface area (Å²) >= 11 is 1.55. The number of aryl methyl sites for hydroxylation is 1. The predicted octanol–water partition coefficient (Wildman–Crippen LogP) is 3.04. The van der Waals surface area contributed by atoms with Crippen molar-refractivity contribution in [2.75, 3.05) is 0 Å². The minimum atomic E-state index is -0.541. The van der Waals surface area contributed by atoms with Gasteiger partial charge in [-0.15, -0.1) is 36.2 Å². The lowest BCUT2D eigenvalue weighted by atomic mass is 10.1. The third-order valence-corrected chi connectivity index (χ3v) is 4.15. The zero-order valence-electron chi connectivity index (χ0n) is 12.5. The Bertz CT molecular complexity index is 577. The lowest BCUT2D eigenvalue weighted by Crippen LogP contribution is -2.42. The summed E-state index contributed by atoms with van der Waals surface area (Å²) in [5.74, 6) is -0.144. The molecule has 7 heteroatoms. The van der Waals surface area contributed by atoms with E-state index in [0.717, 1.165) is 16.3 Å². The standard InChI is InChI=1S/C15H19N3OS.2ClH/c1-10-9-20-15(17-10)11(2)18-14(19)13(16)8-12-6-4-3-5-7-12;;/h3-7,9,11,13H,8,16H2,1-2H3,(H,18,19);2*1H. The summed E-state index contributed by atoms with van der Waals surface area (Å²) in [7, 11) is 0. The SMILES string of the molecule is Cc1csc(C(C)NC(=O)C(N)Cc2ccccc2)n1.Cl.Cl. The first-order valence-electron chi connectivity index (χ1n) is 6.58. The molecular weight excluding hydrogens is 341 g/mol. The molecule has 0 aliphatic heterocycles. The first-order chi connectivity index (χ1) is 9.56. The summed E-state index contributed by atoms with van der Waals surface area (Å²) in [6.45, 7) is 3.86. The van der Waals surface area contributed by atoms with Crippen LogP contribution in [-0.4, -0.2) is 16.9 Å². The Morgan fingerprint density at radius 3 is 2.50 bits per heavy atom. The Kier molecular flexibility index (Phi) is 9.28. The minimum Gasteiger partial charge on any atom is -0.346 e. The second kappa shape index (κ2) is 9.79. The number of amides is 1. The lowest BCUT2D eigenvalue weighted by molar-refractivity contribution is -0.123. The summed E-state index contributed by atoms with van der Waals surface area (Å²) in [4.78, 5) is 16.4. The van der Waals surface area contributed by atoms with Gasteiger partial charge in [0.15, 0.2) is 0 Å². The summed E-state index contributed by atoms with van der Waals surface area (Å²) in [6.07, 6.45) is 0.538. The Labute approximate surface area is 147 Å². The monoisotopic (exact) mass is 361 g/mol. The van der Waals surface area contributed by atoms with Crippen molar-refractivity contribution in [1.82, 2.24) is 10.3 Å². The van der Waals surface area contributed by atoms with Crippen LogP contribution >= 0.6 is 36.2 Å². The highest BCUT2D eigenvalue weighted by atomic mass is 35.5. The van der Waals surface area contributed by atoms with E-state index < -0.39 is 6.04 Å². The third kappa shape index (κ3) is 5.93. The van der Waals surface area contributed by atoms with E-state index in [0.29, 0.717) is 6.42 Å². The molecular formula is C15H21Cl2N3OS. The number of nitrogens with zero attached hydrogens (tertiary/aromatic N) is 1. The molecule has 0 saturated carbocycles. The summed E-state index contributed by atoms with van der Waals surface area (Å²) in [6, 6.07) is 9.13. The normalized spacial score (nSPS) is 12.5. The number of carbonyl (C=O) groups excluding carboxylic acids is 1. The van der Waals surface area contributed by atoms with Crippen LogP contribution in [0.3, 0.4) is 0 Å². The molecule has 0 radical (unpaired) electrons. The molecule has 2 rings (SSSR count). The number of hydrogen-bond donors (Lipinski definition) is 2. The molecule has 0 spiro atoms. The van der Waals surface area contributed by atoms with Crippen LogP contribution in [0.25, 0.3) is 0 Å². The van der Waals surface area contributed by atoms with E-state index in [2.05, 4.69) is 10.3 Å². The molecule has 22 heavy (non-hydrogen) atoms. The number of carbonyl (C=O) groups is 1. The molecule has 0 saturated heterocycles. The van der Waals surface area contributed by atoms with Crippen molar-refractivity contribution in [3.8, 4) is 0 Å².